The summed E-state index contributed by atoms with van der Waals surface area (Å²) in [6.07, 6.45) is 1.49. The van der Waals surface area contributed by atoms with Crippen LogP contribution in [0.2, 0.25) is 0 Å². The van der Waals surface area contributed by atoms with Crippen molar-refractivity contribution in [2.24, 2.45) is 0 Å². The molecule has 8 nitrogen and oxygen atoms in total. The van der Waals surface area contributed by atoms with E-state index in [4.69, 9.17) is 4.74 Å². The second-order valence-corrected chi connectivity index (χ2v) is 7.65. The number of ether oxygens (including phenoxy) is 1. The highest BCUT2D eigenvalue weighted by Crippen LogP contribution is 2.23. The first-order valence-corrected chi connectivity index (χ1v) is 10.8. The molecule has 2 heterocycles. The van der Waals surface area contributed by atoms with E-state index in [0.717, 1.165) is 31.7 Å². The monoisotopic (exact) mass is 416 g/mol. The zero-order valence-electron chi connectivity index (χ0n) is 18.0. The van der Waals surface area contributed by atoms with Gasteiger partial charge in [-0.3, -0.25) is 19.3 Å². The fourth-order valence-corrected chi connectivity index (χ4v) is 3.90. The maximum atomic E-state index is 12.5. The van der Waals surface area contributed by atoms with Crippen molar-refractivity contribution in [1.82, 2.24) is 14.7 Å². The quantitative estimate of drug-likeness (QED) is 0.637. The molecule has 0 aliphatic carbocycles. The third-order valence-electron chi connectivity index (χ3n) is 5.78. The number of likely N-dealkylation sites (N-methyl/N-ethyl adjacent to an activating group) is 1. The summed E-state index contributed by atoms with van der Waals surface area (Å²) in [6, 6.07) is 7.30. The molecule has 0 atom stereocenters. The Morgan fingerprint density at radius 2 is 1.67 bits per heavy atom. The van der Waals surface area contributed by atoms with Gasteiger partial charge >= 0.3 is 0 Å². The summed E-state index contributed by atoms with van der Waals surface area (Å²) in [4.78, 5) is 44.0. The molecule has 2 fully saturated rings. The zero-order valence-corrected chi connectivity index (χ0v) is 18.0. The molecule has 164 valence electrons. The number of carbonyl (C=O) groups is 3. The van der Waals surface area contributed by atoms with Gasteiger partial charge < -0.3 is 19.4 Å². The van der Waals surface area contributed by atoms with E-state index in [2.05, 4.69) is 4.90 Å². The van der Waals surface area contributed by atoms with E-state index in [0.29, 0.717) is 44.9 Å². The minimum Gasteiger partial charge on any atom is -0.484 e. The Labute approximate surface area is 178 Å². The summed E-state index contributed by atoms with van der Waals surface area (Å²) in [7, 11) is 0. The lowest BCUT2D eigenvalue weighted by molar-refractivity contribution is -0.136. The lowest BCUT2D eigenvalue weighted by Gasteiger charge is -2.35. The van der Waals surface area contributed by atoms with Crippen LogP contribution in [0.25, 0.3) is 0 Å². The molecule has 8 heteroatoms. The lowest BCUT2D eigenvalue weighted by atomic mass is 10.2. The van der Waals surface area contributed by atoms with Crippen LogP contribution in [-0.4, -0.2) is 91.4 Å². The van der Waals surface area contributed by atoms with Crippen molar-refractivity contribution < 1.29 is 19.1 Å². The molecule has 2 aliphatic heterocycles. The summed E-state index contributed by atoms with van der Waals surface area (Å²) < 4.78 is 5.65. The Morgan fingerprint density at radius 1 is 1.00 bits per heavy atom. The number of carbonyl (C=O) groups excluding carboxylic acids is 3. The maximum absolute atomic E-state index is 12.5. The molecule has 0 radical (unpaired) electrons. The first-order valence-electron chi connectivity index (χ1n) is 10.8. The lowest BCUT2D eigenvalue weighted by Crippen LogP contribution is -2.52. The third kappa shape index (κ3) is 5.50. The van der Waals surface area contributed by atoms with Crippen molar-refractivity contribution in [3.8, 4) is 5.75 Å². The van der Waals surface area contributed by atoms with Crippen LogP contribution < -0.4 is 9.64 Å². The largest absolute Gasteiger partial charge is 0.484 e. The molecule has 0 aromatic heterocycles. The smallest absolute Gasteiger partial charge is 0.260 e. The summed E-state index contributed by atoms with van der Waals surface area (Å²) >= 11 is 0. The van der Waals surface area contributed by atoms with Gasteiger partial charge in [0.15, 0.2) is 6.61 Å². The Hall–Kier alpha value is -2.61. The average molecular weight is 417 g/mol. The molecular formula is C22H32N4O4. The van der Waals surface area contributed by atoms with Gasteiger partial charge in [-0.2, -0.15) is 0 Å². The van der Waals surface area contributed by atoms with Crippen molar-refractivity contribution in [2.45, 2.75) is 26.7 Å². The molecule has 1 aromatic rings. The van der Waals surface area contributed by atoms with Gasteiger partial charge in [0.25, 0.3) is 5.91 Å². The second kappa shape index (κ2) is 10.4. The van der Waals surface area contributed by atoms with Crippen molar-refractivity contribution in [3.05, 3.63) is 24.3 Å². The van der Waals surface area contributed by atoms with E-state index >= 15 is 0 Å². The average Bonchev–Trinajstić information content (AvgIpc) is 3.19. The van der Waals surface area contributed by atoms with E-state index in [9.17, 15) is 14.4 Å². The van der Waals surface area contributed by atoms with Gasteiger partial charge in [0.05, 0.1) is 6.54 Å². The highest BCUT2D eigenvalue weighted by atomic mass is 16.5. The first-order chi connectivity index (χ1) is 14.5. The standard InChI is InChI=1S/C22H32N4O4/c1-3-24(4-2)21(28)16-23-12-14-25(15-13-23)22(29)17-30-19-9-7-18(8-10-19)26-11-5-6-20(26)27/h7-10H,3-6,11-17H2,1-2H3. The van der Waals surface area contributed by atoms with E-state index in [1.165, 1.54) is 0 Å². The van der Waals surface area contributed by atoms with Gasteiger partial charge in [0.1, 0.15) is 5.75 Å². The van der Waals surface area contributed by atoms with Crippen LogP contribution >= 0.6 is 0 Å². The summed E-state index contributed by atoms with van der Waals surface area (Å²) in [5.74, 6) is 0.852. The third-order valence-corrected chi connectivity index (χ3v) is 5.78. The normalized spacial score (nSPS) is 17.3. The number of rotatable bonds is 8. The summed E-state index contributed by atoms with van der Waals surface area (Å²) in [5, 5.41) is 0. The van der Waals surface area contributed by atoms with Gasteiger partial charge in [0, 0.05) is 57.9 Å². The topological polar surface area (TPSA) is 73.4 Å². The molecule has 1 aromatic carbocycles. The van der Waals surface area contributed by atoms with Crippen LogP contribution in [-0.2, 0) is 14.4 Å². The number of nitrogens with zero attached hydrogens (tertiary/aromatic N) is 4. The van der Waals surface area contributed by atoms with Gasteiger partial charge in [-0.25, -0.2) is 0 Å². The zero-order chi connectivity index (χ0) is 21.5. The maximum Gasteiger partial charge on any atom is 0.260 e. The van der Waals surface area contributed by atoms with E-state index in [1.54, 1.807) is 21.9 Å². The number of amides is 3. The van der Waals surface area contributed by atoms with Crippen molar-refractivity contribution >= 4 is 23.4 Å². The molecule has 3 rings (SSSR count). The molecule has 0 saturated carbocycles. The second-order valence-electron chi connectivity index (χ2n) is 7.65. The number of hydrogen-bond donors (Lipinski definition) is 0. The molecular weight excluding hydrogens is 384 g/mol. The Balaban J connectivity index is 1.41. The van der Waals surface area contributed by atoms with E-state index in [1.807, 2.05) is 30.9 Å². The minimum atomic E-state index is -0.0523. The highest BCUT2D eigenvalue weighted by Gasteiger charge is 2.24. The van der Waals surface area contributed by atoms with Gasteiger partial charge in [-0.05, 0) is 44.5 Å². The molecule has 0 N–H and O–H groups in total. The fourth-order valence-electron chi connectivity index (χ4n) is 3.90. The van der Waals surface area contributed by atoms with E-state index < -0.39 is 0 Å². The number of piperazine rings is 1. The van der Waals surface area contributed by atoms with Crippen molar-refractivity contribution in [2.75, 3.05) is 63.9 Å². The van der Waals surface area contributed by atoms with Crippen LogP contribution in [0.3, 0.4) is 0 Å². The Morgan fingerprint density at radius 3 is 2.23 bits per heavy atom. The van der Waals surface area contributed by atoms with Gasteiger partial charge in [-0.15, -0.1) is 0 Å². The van der Waals surface area contributed by atoms with Crippen LogP contribution in [0.15, 0.2) is 24.3 Å². The van der Waals surface area contributed by atoms with Crippen LogP contribution in [0.5, 0.6) is 5.75 Å². The predicted molar refractivity (Wildman–Crippen MR) is 114 cm³/mol. The minimum absolute atomic E-state index is 0.0135. The van der Waals surface area contributed by atoms with Gasteiger partial charge in [-0.1, -0.05) is 0 Å². The number of benzene rings is 1. The fraction of sp³-hybridized carbons (Fsp3) is 0.591. The van der Waals surface area contributed by atoms with Gasteiger partial charge in [0.2, 0.25) is 11.8 Å². The van der Waals surface area contributed by atoms with Crippen molar-refractivity contribution in [1.29, 1.82) is 0 Å². The molecule has 2 aliphatic rings. The summed E-state index contributed by atoms with van der Waals surface area (Å²) in [6.45, 7) is 9.15. The van der Waals surface area contributed by atoms with Crippen LogP contribution in [0.4, 0.5) is 5.69 Å². The SMILES string of the molecule is CCN(CC)C(=O)CN1CCN(C(=O)COc2ccc(N3CCCC3=O)cc2)CC1. The summed E-state index contributed by atoms with van der Waals surface area (Å²) in [5.41, 5.74) is 0.867. The van der Waals surface area contributed by atoms with Crippen LogP contribution in [0, 0.1) is 0 Å². The number of anilines is 1. The molecule has 2 saturated heterocycles. The molecule has 30 heavy (non-hydrogen) atoms. The molecule has 3 amide bonds. The van der Waals surface area contributed by atoms with Crippen molar-refractivity contribution in [3.63, 3.8) is 0 Å². The number of hydrogen-bond acceptors (Lipinski definition) is 5. The highest BCUT2D eigenvalue weighted by molar-refractivity contribution is 5.95. The molecule has 0 spiro atoms. The van der Waals surface area contributed by atoms with E-state index in [-0.39, 0.29) is 24.3 Å². The Bertz CT molecular complexity index is 740. The molecule has 0 unspecified atom stereocenters. The predicted octanol–water partition coefficient (Wildman–Crippen LogP) is 1.20. The molecule has 0 bridgehead atoms. The Kier molecular flexibility index (Phi) is 7.68. The van der Waals surface area contributed by atoms with Crippen LogP contribution in [0.1, 0.15) is 26.7 Å². The first kappa shape index (κ1) is 22.1.